The third-order valence-electron chi connectivity index (χ3n) is 1.29. The van der Waals surface area contributed by atoms with E-state index in [1.54, 1.807) is 0 Å². The topological polar surface area (TPSA) is 119 Å². The minimum atomic E-state index is -1.09. The zero-order valence-electron chi connectivity index (χ0n) is 6.09. The molecule has 13 heavy (non-hydrogen) atoms. The Morgan fingerprint density at radius 2 is 1.85 bits per heavy atom. The van der Waals surface area contributed by atoms with Crippen LogP contribution in [0.2, 0.25) is 0 Å². The second kappa shape index (κ2) is 3.01. The first-order chi connectivity index (χ1) is 6.04. The minimum absolute atomic E-state index is 0.811. The number of H-pyrrole nitrogens is 1. The molecule has 0 unspecified atom stereocenters. The minimum Gasteiger partial charge on any atom is -0.323 e. The Bertz CT molecular complexity index is 422. The van der Waals surface area contributed by atoms with Crippen LogP contribution in [0.5, 0.6) is 0 Å². The maximum absolute atomic E-state index is 10.8. The summed E-state index contributed by atoms with van der Waals surface area (Å²) in [5.74, 6) is 0. The van der Waals surface area contributed by atoms with E-state index in [4.69, 9.17) is 0 Å². The number of pyridine rings is 1. The fourth-order valence-corrected chi connectivity index (χ4v) is 0.784. The molecule has 8 heteroatoms. The van der Waals surface area contributed by atoms with E-state index in [0.29, 0.717) is 0 Å². The van der Waals surface area contributed by atoms with E-state index in [9.17, 15) is 25.0 Å². The Balaban J connectivity index is 3.52. The Kier molecular flexibility index (Phi) is 2.05. The highest BCUT2D eigenvalue weighted by atomic mass is 16.6. The van der Waals surface area contributed by atoms with Crippen molar-refractivity contribution in [3.63, 3.8) is 0 Å². The summed E-state index contributed by atoms with van der Waals surface area (Å²) in [5.41, 5.74) is -2.94. The molecule has 0 aliphatic rings. The van der Waals surface area contributed by atoms with E-state index >= 15 is 0 Å². The molecule has 0 aliphatic carbocycles. The van der Waals surface area contributed by atoms with Crippen molar-refractivity contribution in [2.75, 3.05) is 0 Å². The molecule has 0 aliphatic heterocycles. The standard InChI is InChI=1S/C5H3N3O5/c9-5-4(8(12)13)3(7(10)11)1-2-6-5/h1-2H,(H,6,9). The molecule has 1 heterocycles. The van der Waals surface area contributed by atoms with Gasteiger partial charge in [0.1, 0.15) is 0 Å². The second-order valence-corrected chi connectivity index (χ2v) is 2.05. The smallest absolute Gasteiger partial charge is 0.323 e. The van der Waals surface area contributed by atoms with Crippen LogP contribution in [0.3, 0.4) is 0 Å². The summed E-state index contributed by atoms with van der Waals surface area (Å²) in [6, 6.07) is 0.861. The number of nitrogens with zero attached hydrogens (tertiary/aromatic N) is 2. The summed E-state index contributed by atoms with van der Waals surface area (Å²) in [6.07, 6.45) is 0.980. The van der Waals surface area contributed by atoms with Crippen molar-refractivity contribution < 1.29 is 9.85 Å². The molecule has 0 atom stereocenters. The van der Waals surface area contributed by atoms with Gasteiger partial charge in [-0.25, -0.2) is 0 Å². The molecule has 1 N–H and O–H groups in total. The normalized spacial score (nSPS) is 9.54. The van der Waals surface area contributed by atoms with Gasteiger partial charge in [0.2, 0.25) is 0 Å². The first-order valence-electron chi connectivity index (χ1n) is 3.04. The molecular formula is C5H3N3O5. The number of rotatable bonds is 2. The zero-order valence-corrected chi connectivity index (χ0v) is 6.09. The molecule has 8 nitrogen and oxygen atoms in total. The molecule has 1 aromatic heterocycles. The van der Waals surface area contributed by atoms with Gasteiger partial charge in [0.15, 0.2) is 0 Å². The lowest BCUT2D eigenvalue weighted by atomic mass is 10.3. The van der Waals surface area contributed by atoms with Crippen molar-refractivity contribution in [3.8, 4) is 0 Å². The summed E-state index contributed by atoms with van der Waals surface area (Å²) in [5, 5.41) is 20.5. The van der Waals surface area contributed by atoms with Crippen molar-refractivity contribution >= 4 is 11.4 Å². The van der Waals surface area contributed by atoms with Crippen molar-refractivity contribution in [3.05, 3.63) is 42.8 Å². The van der Waals surface area contributed by atoms with Crippen molar-refractivity contribution in [2.45, 2.75) is 0 Å². The maximum atomic E-state index is 10.8. The number of nitrogens with one attached hydrogen (secondary N) is 1. The summed E-state index contributed by atoms with van der Waals surface area (Å²) in [7, 11) is 0. The van der Waals surface area contributed by atoms with Gasteiger partial charge in [-0.3, -0.25) is 25.0 Å². The van der Waals surface area contributed by atoms with Crippen LogP contribution in [-0.4, -0.2) is 14.8 Å². The lowest BCUT2D eigenvalue weighted by Gasteiger charge is -1.91. The average molecular weight is 185 g/mol. The van der Waals surface area contributed by atoms with Gasteiger partial charge in [0, 0.05) is 12.3 Å². The van der Waals surface area contributed by atoms with E-state index in [0.717, 1.165) is 12.3 Å². The zero-order chi connectivity index (χ0) is 10.0. The molecule has 0 bridgehead atoms. The Morgan fingerprint density at radius 3 is 2.23 bits per heavy atom. The number of hydrogen-bond donors (Lipinski definition) is 1. The quantitative estimate of drug-likeness (QED) is 0.520. The predicted octanol–water partition coefficient (Wildman–Crippen LogP) is 0.191. The lowest BCUT2D eigenvalue weighted by molar-refractivity contribution is -0.423. The number of aromatic amines is 1. The number of aromatic nitrogens is 1. The van der Waals surface area contributed by atoms with Crippen LogP contribution in [0.1, 0.15) is 0 Å². The molecule has 68 valence electrons. The van der Waals surface area contributed by atoms with Gasteiger partial charge < -0.3 is 4.98 Å². The highest BCUT2D eigenvalue weighted by Gasteiger charge is 2.27. The monoisotopic (exact) mass is 185 g/mol. The van der Waals surface area contributed by atoms with E-state index < -0.39 is 26.8 Å². The summed E-state index contributed by atoms with van der Waals surface area (Å²) in [6.45, 7) is 0. The van der Waals surface area contributed by atoms with Gasteiger partial charge in [-0.2, -0.15) is 0 Å². The maximum Gasteiger partial charge on any atom is 0.410 e. The summed E-state index contributed by atoms with van der Waals surface area (Å²) < 4.78 is 0. The molecule has 0 fully saturated rings. The average Bonchev–Trinajstić information content (AvgIpc) is 2.02. The van der Waals surface area contributed by atoms with Crippen LogP contribution >= 0.6 is 0 Å². The van der Waals surface area contributed by atoms with Crippen molar-refractivity contribution in [1.29, 1.82) is 0 Å². The van der Waals surface area contributed by atoms with Gasteiger partial charge >= 0.3 is 16.9 Å². The fraction of sp³-hybridized carbons (Fsp3) is 0. The van der Waals surface area contributed by atoms with Crippen LogP contribution in [-0.2, 0) is 0 Å². The third kappa shape index (κ3) is 1.50. The van der Waals surface area contributed by atoms with E-state index in [1.807, 2.05) is 4.98 Å². The largest absolute Gasteiger partial charge is 0.410 e. The fourth-order valence-electron chi connectivity index (χ4n) is 0.784. The highest BCUT2D eigenvalue weighted by Crippen LogP contribution is 2.19. The SMILES string of the molecule is O=c1[nH]ccc([N+](=O)[O-])c1[N+](=O)[O-]. The van der Waals surface area contributed by atoms with Crippen molar-refractivity contribution in [2.24, 2.45) is 0 Å². The predicted molar refractivity (Wildman–Crippen MR) is 40.4 cm³/mol. The molecule has 1 rings (SSSR count). The lowest BCUT2D eigenvalue weighted by Crippen LogP contribution is -2.12. The molecule has 0 amide bonds. The van der Waals surface area contributed by atoms with Gasteiger partial charge in [-0.05, 0) is 0 Å². The van der Waals surface area contributed by atoms with Crippen LogP contribution in [0.4, 0.5) is 11.4 Å². The van der Waals surface area contributed by atoms with Crippen LogP contribution in [0, 0.1) is 20.2 Å². The first kappa shape index (κ1) is 8.84. The van der Waals surface area contributed by atoms with Crippen LogP contribution < -0.4 is 5.56 Å². The van der Waals surface area contributed by atoms with E-state index in [-0.39, 0.29) is 0 Å². The number of nitro groups is 2. The summed E-state index contributed by atoms with van der Waals surface area (Å²) >= 11 is 0. The van der Waals surface area contributed by atoms with E-state index in [2.05, 4.69) is 0 Å². The molecule has 0 radical (unpaired) electrons. The molecule has 0 aromatic carbocycles. The molecule has 0 saturated heterocycles. The van der Waals surface area contributed by atoms with Crippen LogP contribution in [0.15, 0.2) is 17.1 Å². The van der Waals surface area contributed by atoms with Crippen molar-refractivity contribution in [1.82, 2.24) is 4.98 Å². The van der Waals surface area contributed by atoms with Gasteiger partial charge in [-0.1, -0.05) is 0 Å². The number of hydrogen-bond acceptors (Lipinski definition) is 5. The van der Waals surface area contributed by atoms with Crippen LogP contribution in [0.25, 0.3) is 0 Å². The molecular weight excluding hydrogens is 182 g/mol. The molecule has 0 saturated carbocycles. The Hall–Kier alpha value is -2.25. The van der Waals surface area contributed by atoms with Gasteiger partial charge in [0.05, 0.1) is 9.85 Å². The first-order valence-corrected chi connectivity index (χ1v) is 3.04. The second-order valence-electron chi connectivity index (χ2n) is 2.05. The van der Waals surface area contributed by atoms with E-state index in [1.165, 1.54) is 0 Å². The summed E-state index contributed by atoms with van der Waals surface area (Å²) in [4.78, 5) is 31.1. The molecule has 1 aromatic rings. The van der Waals surface area contributed by atoms with Gasteiger partial charge in [-0.15, -0.1) is 0 Å². The highest BCUT2D eigenvalue weighted by molar-refractivity contribution is 5.49. The Morgan fingerprint density at radius 1 is 1.23 bits per heavy atom. The molecule has 0 spiro atoms. The Labute approximate surface area is 70.1 Å². The van der Waals surface area contributed by atoms with Gasteiger partial charge in [0.25, 0.3) is 0 Å². The third-order valence-corrected chi connectivity index (χ3v) is 1.29.